The molecule has 1 aromatic heterocycles. The van der Waals surface area contributed by atoms with Gasteiger partial charge < -0.3 is 9.84 Å². The average Bonchev–Trinajstić information content (AvgIpc) is 3.13. The highest BCUT2D eigenvalue weighted by atomic mass is 35.5. The van der Waals surface area contributed by atoms with Gasteiger partial charge in [0, 0.05) is 43.3 Å². The van der Waals surface area contributed by atoms with Crippen LogP contribution in [0.15, 0.2) is 28.8 Å². The van der Waals surface area contributed by atoms with E-state index < -0.39 is 0 Å². The van der Waals surface area contributed by atoms with E-state index in [1.165, 1.54) is 0 Å². The maximum Gasteiger partial charge on any atom is 0.241 e. The van der Waals surface area contributed by atoms with Crippen molar-refractivity contribution in [2.24, 2.45) is 0 Å². The second kappa shape index (κ2) is 9.82. The van der Waals surface area contributed by atoms with Crippen molar-refractivity contribution in [3.63, 3.8) is 0 Å². The summed E-state index contributed by atoms with van der Waals surface area (Å²) in [6.07, 6.45) is 2.12. The molecule has 27 heavy (non-hydrogen) atoms. The number of benzene rings is 1. The summed E-state index contributed by atoms with van der Waals surface area (Å²) in [5, 5.41) is 7.70. The predicted molar refractivity (Wildman–Crippen MR) is 104 cm³/mol. The lowest BCUT2D eigenvalue weighted by molar-refractivity contribution is -0.122. The molecule has 0 unspecified atom stereocenters. The maximum absolute atomic E-state index is 11.9. The third-order valence-corrected chi connectivity index (χ3v) is 4.87. The Morgan fingerprint density at radius 2 is 1.89 bits per heavy atom. The van der Waals surface area contributed by atoms with Crippen LogP contribution in [0.4, 0.5) is 0 Å². The summed E-state index contributed by atoms with van der Waals surface area (Å²) in [6, 6.07) is 7.37. The number of amides is 1. The first-order chi connectivity index (χ1) is 13.1. The topological polar surface area (TPSA) is 74.5 Å². The quantitative estimate of drug-likeness (QED) is 0.696. The Hall–Kier alpha value is -1.96. The molecule has 0 radical (unpaired) electrons. The van der Waals surface area contributed by atoms with Crippen LogP contribution in [0.1, 0.15) is 25.7 Å². The number of carbonyl (C=O) groups excluding carboxylic acids is 1. The van der Waals surface area contributed by atoms with Crippen molar-refractivity contribution in [2.75, 3.05) is 39.3 Å². The number of unbranched alkanes of at least 4 members (excludes halogenated alkanes) is 1. The van der Waals surface area contributed by atoms with E-state index in [-0.39, 0.29) is 5.91 Å². The van der Waals surface area contributed by atoms with Crippen LogP contribution in [-0.4, -0.2) is 65.1 Å². The Bertz CT molecular complexity index is 726. The van der Waals surface area contributed by atoms with Crippen LogP contribution in [0.25, 0.3) is 11.4 Å². The van der Waals surface area contributed by atoms with Crippen LogP contribution in [0.2, 0.25) is 5.02 Å². The number of hydrogen-bond donors (Lipinski definition) is 1. The number of rotatable bonds is 8. The van der Waals surface area contributed by atoms with Crippen LogP contribution in [-0.2, 0) is 11.3 Å². The fourth-order valence-electron chi connectivity index (χ4n) is 3.00. The van der Waals surface area contributed by atoms with Gasteiger partial charge in [0.15, 0.2) is 0 Å². The monoisotopic (exact) mass is 391 g/mol. The van der Waals surface area contributed by atoms with Crippen LogP contribution in [0, 0.1) is 0 Å². The summed E-state index contributed by atoms with van der Waals surface area (Å²) in [5.41, 5.74) is 0.883. The lowest BCUT2D eigenvalue weighted by Crippen LogP contribution is -2.49. The largest absolute Gasteiger partial charge is 0.355 e. The van der Waals surface area contributed by atoms with Crippen LogP contribution >= 0.6 is 11.6 Å². The molecule has 1 saturated heterocycles. The van der Waals surface area contributed by atoms with E-state index in [1.54, 1.807) is 0 Å². The molecule has 1 aliphatic heterocycles. The lowest BCUT2D eigenvalue weighted by Gasteiger charge is -2.33. The van der Waals surface area contributed by atoms with Gasteiger partial charge in [0.25, 0.3) is 0 Å². The van der Waals surface area contributed by atoms with E-state index in [0.29, 0.717) is 29.8 Å². The Labute approximate surface area is 164 Å². The molecule has 1 aromatic carbocycles. The smallest absolute Gasteiger partial charge is 0.241 e. The van der Waals surface area contributed by atoms with E-state index in [1.807, 2.05) is 24.3 Å². The number of carbonyl (C=O) groups is 1. The van der Waals surface area contributed by atoms with Gasteiger partial charge in [0.05, 0.1) is 13.1 Å². The molecule has 146 valence electrons. The Morgan fingerprint density at radius 1 is 1.19 bits per heavy atom. The molecule has 7 nitrogen and oxygen atoms in total. The summed E-state index contributed by atoms with van der Waals surface area (Å²) in [6.45, 7) is 7.45. The summed E-state index contributed by atoms with van der Waals surface area (Å²) in [5.74, 6) is 1.29. The highest BCUT2D eigenvalue weighted by Gasteiger charge is 2.20. The van der Waals surface area contributed by atoms with Gasteiger partial charge >= 0.3 is 0 Å². The van der Waals surface area contributed by atoms with E-state index in [0.717, 1.165) is 51.1 Å². The maximum atomic E-state index is 11.9. The minimum absolute atomic E-state index is 0.112. The second-order valence-electron chi connectivity index (χ2n) is 6.77. The van der Waals surface area contributed by atoms with Gasteiger partial charge in [-0.05, 0) is 30.7 Å². The molecule has 0 aliphatic carbocycles. The van der Waals surface area contributed by atoms with Gasteiger partial charge in [0.1, 0.15) is 0 Å². The van der Waals surface area contributed by atoms with Crippen molar-refractivity contribution >= 4 is 17.5 Å². The highest BCUT2D eigenvalue weighted by molar-refractivity contribution is 6.30. The number of nitrogens with zero attached hydrogens (tertiary/aromatic N) is 4. The Morgan fingerprint density at radius 3 is 2.59 bits per heavy atom. The minimum Gasteiger partial charge on any atom is -0.355 e. The first-order valence-electron chi connectivity index (χ1n) is 9.44. The summed E-state index contributed by atoms with van der Waals surface area (Å²) < 4.78 is 5.38. The molecule has 1 N–H and O–H groups in total. The first kappa shape index (κ1) is 19.8. The SMILES string of the molecule is CCCCNC(=O)CN1CCN(Cc2nc(-c3ccc(Cl)cc3)no2)CC1. The molecule has 2 aromatic rings. The molecule has 0 bridgehead atoms. The molecule has 1 aliphatic rings. The van der Waals surface area contributed by atoms with Crippen molar-refractivity contribution < 1.29 is 9.32 Å². The van der Waals surface area contributed by atoms with Crippen LogP contribution in [0.5, 0.6) is 0 Å². The molecular weight excluding hydrogens is 366 g/mol. The van der Waals surface area contributed by atoms with Gasteiger partial charge in [-0.15, -0.1) is 0 Å². The molecular formula is C19H26ClN5O2. The fraction of sp³-hybridized carbons (Fsp3) is 0.526. The molecule has 1 amide bonds. The highest BCUT2D eigenvalue weighted by Crippen LogP contribution is 2.19. The molecule has 2 heterocycles. The second-order valence-corrected chi connectivity index (χ2v) is 7.21. The van der Waals surface area contributed by atoms with E-state index in [2.05, 4.69) is 32.2 Å². The molecule has 0 saturated carbocycles. The van der Waals surface area contributed by atoms with Crippen molar-refractivity contribution in [2.45, 2.75) is 26.3 Å². The van der Waals surface area contributed by atoms with Gasteiger partial charge in [-0.1, -0.05) is 30.1 Å². The molecule has 1 fully saturated rings. The zero-order valence-electron chi connectivity index (χ0n) is 15.7. The molecule has 0 atom stereocenters. The lowest BCUT2D eigenvalue weighted by atomic mass is 10.2. The van der Waals surface area contributed by atoms with E-state index in [9.17, 15) is 4.79 Å². The average molecular weight is 392 g/mol. The molecule has 8 heteroatoms. The van der Waals surface area contributed by atoms with Crippen molar-refractivity contribution in [3.05, 3.63) is 35.2 Å². The van der Waals surface area contributed by atoms with Crippen LogP contribution < -0.4 is 5.32 Å². The van der Waals surface area contributed by atoms with Gasteiger partial charge in [0.2, 0.25) is 17.6 Å². The number of nitrogens with one attached hydrogen (secondary N) is 1. The number of hydrogen-bond acceptors (Lipinski definition) is 6. The third kappa shape index (κ3) is 6.02. The van der Waals surface area contributed by atoms with E-state index >= 15 is 0 Å². The normalized spacial score (nSPS) is 15.8. The zero-order chi connectivity index (χ0) is 19.1. The molecule has 0 spiro atoms. The van der Waals surface area contributed by atoms with Crippen molar-refractivity contribution in [3.8, 4) is 11.4 Å². The Balaban J connectivity index is 1.43. The minimum atomic E-state index is 0.112. The third-order valence-electron chi connectivity index (χ3n) is 4.61. The predicted octanol–water partition coefficient (Wildman–Crippen LogP) is 2.42. The molecule has 3 rings (SSSR count). The van der Waals surface area contributed by atoms with Gasteiger partial charge in [-0.2, -0.15) is 4.98 Å². The van der Waals surface area contributed by atoms with Crippen molar-refractivity contribution in [1.29, 1.82) is 0 Å². The van der Waals surface area contributed by atoms with E-state index in [4.69, 9.17) is 16.1 Å². The first-order valence-corrected chi connectivity index (χ1v) is 9.82. The Kier molecular flexibility index (Phi) is 7.20. The van der Waals surface area contributed by atoms with Crippen LogP contribution in [0.3, 0.4) is 0 Å². The standard InChI is InChI=1S/C19H26ClN5O2/c1-2-3-8-21-17(26)13-24-9-11-25(12-10-24)14-18-22-19(23-27-18)15-4-6-16(20)7-5-15/h4-7H,2-3,8-14H2,1H3,(H,21,26). The van der Waals surface area contributed by atoms with Crippen molar-refractivity contribution in [1.82, 2.24) is 25.3 Å². The number of aromatic nitrogens is 2. The fourth-order valence-corrected chi connectivity index (χ4v) is 3.12. The van der Waals surface area contributed by atoms with Gasteiger partial charge in [-0.3, -0.25) is 14.6 Å². The van der Waals surface area contributed by atoms with Gasteiger partial charge in [-0.25, -0.2) is 0 Å². The summed E-state index contributed by atoms with van der Waals surface area (Å²) >= 11 is 5.91. The zero-order valence-corrected chi connectivity index (χ0v) is 16.4. The number of piperazine rings is 1. The summed E-state index contributed by atoms with van der Waals surface area (Å²) in [7, 11) is 0. The number of halogens is 1. The summed E-state index contributed by atoms with van der Waals surface area (Å²) in [4.78, 5) is 20.8.